The molecule has 1 saturated heterocycles. The van der Waals surface area contributed by atoms with Crippen LogP contribution in [0.15, 0.2) is 29.6 Å². The Morgan fingerprint density at radius 3 is 2.51 bits per heavy atom. The predicted molar refractivity (Wildman–Crippen MR) is 175 cm³/mol. The summed E-state index contributed by atoms with van der Waals surface area (Å²) in [7, 11) is 3.78. The minimum absolute atomic E-state index is 0.0611. The molecule has 11 heteroatoms. The van der Waals surface area contributed by atoms with Crippen LogP contribution in [-0.4, -0.2) is 88.4 Å². The fourth-order valence-electron chi connectivity index (χ4n) is 6.75. The third kappa shape index (κ3) is 8.49. The molecule has 1 fully saturated rings. The Balaban J connectivity index is 1.36. The van der Waals surface area contributed by atoms with Gasteiger partial charge >= 0.3 is 5.97 Å². The topological polar surface area (TPSA) is 132 Å². The van der Waals surface area contributed by atoms with Gasteiger partial charge in [0.1, 0.15) is 11.7 Å². The summed E-state index contributed by atoms with van der Waals surface area (Å²) >= 11 is 1.41. The van der Waals surface area contributed by atoms with Gasteiger partial charge in [0, 0.05) is 30.9 Å². The first-order valence-electron chi connectivity index (χ1n) is 16.2. The first-order valence-corrected chi connectivity index (χ1v) is 17.1. The first-order chi connectivity index (χ1) is 21.4. The highest BCUT2D eigenvalue weighted by Gasteiger charge is 2.35. The zero-order valence-electron chi connectivity index (χ0n) is 27.4. The van der Waals surface area contributed by atoms with Crippen LogP contribution in [0.25, 0.3) is 0 Å². The minimum Gasteiger partial charge on any atom is -0.481 e. The number of hydrogen-bond donors (Lipinski definition) is 3. The van der Waals surface area contributed by atoms with Gasteiger partial charge in [-0.25, -0.2) is 4.98 Å². The average molecular weight is 640 g/mol. The van der Waals surface area contributed by atoms with Crippen molar-refractivity contribution in [1.82, 2.24) is 25.4 Å². The molecule has 3 amide bonds. The van der Waals surface area contributed by atoms with Gasteiger partial charge in [0.2, 0.25) is 11.8 Å². The highest BCUT2D eigenvalue weighted by atomic mass is 32.1. The normalized spacial score (nSPS) is 21.6. The molecule has 0 radical (unpaired) electrons. The second-order valence-corrected chi connectivity index (χ2v) is 14.3. The Morgan fingerprint density at radius 2 is 1.84 bits per heavy atom. The van der Waals surface area contributed by atoms with E-state index in [1.807, 2.05) is 52.2 Å². The van der Waals surface area contributed by atoms with Crippen molar-refractivity contribution >= 4 is 35.0 Å². The Labute approximate surface area is 271 Å². The molecule has 2 aliphatic rings. The highest BCUT2D eigenvalue weighted by Crippen LogP contribution is 2.32. The van der Waals surface area contributed by atoms with Crippen molar-refractivity contribution in [1.29, 1.82) is 0 Å². The molecule has 246 valence electrons. The van der Waals surface area contributed by atoms with Gasteiger partial charge in [-0.1, -0.05) is 58.4 Å². The Hall–Kier alpha value is -3.31. The van der Waals surface area contributed by atoms with Crippen LogP contribution in [0, 0.1) is 11.8 Å². The van der Waals surface area contributed by atoms with Gasteiger partial charge in [-0.05, 0) is 68.7 Å². The van der Waals surface area contributed by atoms with E-state index in [0.29, 0.717) is 31.4 Å². The van der Waals surface area contributed by atoms with Gasteiger partial charge < -0.3 is 20.6 Å². The number of carboxylic acids is 1. The Morgan fingerprint density at radius 1 is 1.11 bits per heavy atom. The number of carbonyl (C=O) groups is 4. The van der Waals surface area contributed by atoms with Gasteiger partial charge in [0.15, 0.2) is 0 Å². The summed E-state index contributed by atoms with van der Waals surface area (Å²) < 4.78 is 0. The molecule has 2 heterocycles. The standard InChI is InChI=1S/C34H49N5O5S/c1-20(2)27(39(6)33(42)30(21(3)4)37-32(41)28-13-9-10-16-38(28)5)14-15-29-36-26(19-45-29)31(40)35-23-17-22-11-7-8-12-24(22)25(18-23)34(43)44/h7-8,11-12,19-21,23,25,27-28,30H,9-10,13-18H2,1-6H3,(H,35,40)(H,37,41)(H,43,44)/t23-,25+,27+,28+,30-/m0/s1. The lowest BCUT2D eigenvalue weighted by Crippen LogP contribution is -2.57. The van der Waals surface area contributed by atoms with E-state index in [0.717, 1.165) is 41.9 Å². The van der Waals surface area contributed by atoms with E-state index in [2.05, 4.69) is 34.4 Å². The first kappa shape index (κ1) is 34.6. The van der Waals surface area contributed by atoms with Crippen molar-refractivity contribution in [2.75, 3.05) is 20.6 Å². The van der Waals surface area contributed by atoms with Crippen LogP contribution < -0.4 is 10.6 Å². The number of aromatic nitrogens is 1. The number of likely N-dealkylation sites (tertiary alicyclic amines) is 1. The van der Waals surface area contributed by atoms with Gasteiger partial charge in [0.25, 0.3) is 5.91 Å². The number of amides is 3. The van der Waals surface area contributed by atoms with Gasteiger partial charge in [-0.3, -0.25) is 24.1 Å². The number of likely N-dealkylation sites (N-methyl/N-ethyl adjacent to an activating group) is 2. The number of carbonyl (C=O) groups excluding carboxylic acids is 3. The van der Waals surface area contributed by atoms with E-state index in [1.165, 1.54) is 11.3 Å². The number of nitrogens with one attached hydrogen (secondary N) is 2. The molecule has 1 aromatic carbocycles. The highest BCUT2D eigenvalue weighted by molar-refractivity contribution is 7.09. The van der Waals surface area contributed by atoms with Crippen LogP contribution in [0.4, 0.5) is 0 Å². The van der Waals surface area contributed by atoms with E-state index >= 15 is 0 Å². The fraction of sp³-hybridized carbons (Fsp3) is 0.618. The lowest BCUT2D eigenvalue weighted by Gasteiger charge is -2.37. The largest absolute Gasteiger partial charge is 0.481 e. The molecule has 1 aliphatic heterocycles. The SMILES string of the molecule is CC(C)[C@H](NC(=O)[C@H]1CCCCN1C)C(=O)N(C)[C@H](CCc1nc(C(=O)N[C@H]2Cc3ccccc3[C@H](C(=O)O)C2)cs1)C(C)C. The van der Waals surface area contributed by atoms with E-state index in [9.17, 15) is 24.3 Å². The minimum atomic E-state index is -0.889. The summed E-state index contributed by atoms with van der Waals surface area (Å²) in [5.41, 5.74) is 2.08. The molecular formula is C34H49N5O5S. The summed E-state index contributed by atoms with van der Waals surface area (Å²) in [6, 6.07) is 6.32. The molecule has 10 nitrogen and oxygen atoms in total. The zero-order chi connectivity index (χ0) is 32.8. The van der Waals surface area contributed by atoms with Crippen molar-refractivity contribution in [3.8, 4) is 0 Å². The van der Waals surface area contributed by atoms with Crippen molar-refractivity contribution < 1.29 is 24.3 Å². The van der Waals surface area contributed by atoms with Gasteiger partial charge in [-0.15, -0.1) is 11.3 Å². The fourth-order valence-corrected chi connectivity index (χ4v) is 7.55. The maximum atomic E-state index is 13.8. The van der Waals surface area contributed by atoms with Crippen LogP contribution >= 0.6 is 11.3 Å². The molecule has 5 atom stereocenters. The second-order valence-electron chi connectivity index (χ2n) is 13.3. The van der Waals surface area contributed by atoms with Crippen LogP contribution in [-0.2, 0) is 27.2 Å². The summed E-state index contributed by atoms with van der Waals surface area (Å²) in [6.45, 7) is 8.97. The van der Waals surface area contributed by atoms with Gasteiger partial charge in [-0.2, -0.15) is 0 Å². The number of aliphatic carboxylic acids is 1. The van der Waals surface area contributed by atoms with E-state index in [1.54, 1.807) is 10.3 Å². The summed E-state index contributed by atoms with van der Waals surface area (Å²) in [4.78, 5) is 60.4. The third-order valence-corrected chi connectivity index (χ3v) is 10.3. The number of thiazole rings is 1. The molecule has 2 aromatic rings. The van der Waals surface area contributed by atoms with E-state index in [4.69, 9.17) is 0 Å². The lowest BCUT2D eigenvalue weighted by atomic mass is 9.80. The maximum Gasteiger partial charge on any atom is 0.311 e. The predicted octanol–water partition coefficient (Wildman–Crippen LogP) is 4.10. The van der Waals surface area contributed by atoms with Crippen molar-refractivity contribution in [2.24, 2.45) is 11.8 Å². The number of rotatable bonds is 12. The van der Waals surface area contributed by atoms with Crippen molar-refractivity contribution in [3.05, 3.63) is 51.5 Å². The van der Waals surface area contributed by atoms with E-state index < -0.39 is 17.9 Å². The van der Waals surface area contributed by atoms with Gasteiger partial charge in [0.05, 0.1) is 17.0 Å². The van der Waals surface area contributed by atoms with Crippen molar-refractivity contribution in [2.45, 2.75) is 103 Å². The van der Waals surface area contributed by atoms with Crippen LogP contribution in [0.3, 0.4) is 0 Å². The molecule has 45 heavy (non-hydrogen) atoms. The molecule has 0 unspecified atom stereocenters. The molecule has 1 aromatic heterocycles. The molecule has 0 bridgehead atoms. The summed E-state index contributed by atoms with van der Waals surface area (Å²) in [5, 5.41) is 18.4. The van der Waals surface area contributed by atoms with E-state index in [-0.39, 0.29) is 47.7 Å². The molecule has 4 rings (SSSR count). The summed E-state index contributed by atoms with van der Waals surface area (Å²) in [6.07, 6.45) is 5.07. The Kier molecular flexibility index (Phi) is 11.8. The molecule has 0 saturated carbocycles. The number of aryl methyl sites for hydroxylation is 1. The number of fused-ring (bicyclic) bond motifs is 1. The molecule has 1 aliphatic carbocycles. The number of benzene rings is 1. The smallest absolute Gasteiger partial charge is 0.311 e. The van der Waals surface area contributed by atoms with Crippen LogP contribution in [0.2, 0.25) is 0 Å². The molecule has 0 spiro atoms. The van der Waals surface area contributed by atoms with Crippen molar-refractivity contribution in [3.63, 3.8) is 0 Å². The number of hydrogen-bond acceptors (Lipinski definition) is 7. The third-order valence-electron chi connectivity index (χ3n) is 9.41. The zero-order valence-corrected chi connectivity index (χ0v) is 28.2. The van der Waals surface area contributed by atoms with Crippen LogP contribution in [0.5, 0.6) is 0 Å². The van der Waals surface area contributed by atoms with Crippen LogP contribution in [0.1, 0.15) is 92.3 Å². The number of piperidine rings is 1. The quantitative estimate of drug-likeness (QED) is 0.319. The Bertz CT molecular complexity index is 1360. The monoisotopic (exact) mass is 639 g/mol. The average Bonchev–Trinajstić information content (AvgIpc) is 3.48. The lowest BCUT2D eigenvalue weighted by molar-refractivity contribution is -0.140. The molecule has 3 N–H and O–H groups in total. The summed E-state index contributed by atoms with van der Waals surface area (Å²) in [5.74, 6) is -1.92. The second kappa shape index (κ2) is 15.3. The number of nitrogens with zero attached hydrogens (tertiary/aromatic N) is 3. The molecular weight excluding hydrogens is 590 g/mol. The maximum absolute atomic E-state index is 13.8. The number of carboxylic acid groups (broad SMARTS) is 1.